The molecule has 19 heavy (non-hydrogen) atoms. The first-order valence-electron chi connectivity index (χ1n) is 6.34. The lowest BCUT2D eigenvalue weighted by Crippen LogP contribution is -2.33. The van der Waals surface area contributed by atoms with Crippen molar-refractivity contribution >= 4 is 11.5 Å². The number of nitrogen functional groups attached to an aromatic ring is 1. The Hall–Kier alpha value is -1.76. The fourth-order valence-electron chi connectivity index (χ4n) is 1.48. The molecule has 1 aromatic rings. The smallest absolute Gasteiger partial charge is 0.329 e. The Labute approximate surface area is 111 Å². The van der Waals surface area contributed by atoms with E-state index in [2.05, 4.69) is 24.1 Å². The highest BCUT2D eigenvalue weighted by atomic mass is 16.5. The molecule has 0 unspecified atom stereocenters. The van der Waals surface area contributed by atoms with Gasteiger partial charge in [-0.2, -0.15) is 0 Å². The summed E-state index contributed by atoms with van der Waals surface area (Å²) in [6.07, 6.45) is 1.00. The zero-order valence-corrected chi connectivity index (χ0v) is 11.7. The Balaban J connectivity index is 2.48. The van der Waals surface area contributed by atoms with Crippen LogP contribution in [0.25, 0.3) is 0 Å². The number of nitrogens with two attached hydrogens (primary N) is 1. The lowest BCUT2D eigenvalue weighted by atomic mass is 10.1. The van der Waals surface area contributed by atoms with E-state index >= 15 is 0 Å². The monoisotopic (exact) mass is 270 g/mol. The van der Waals surface area contributed by atoms with Crippen LogP contribution in [0.3, 0.4) is 0 Å². The normalized spacial score (nSPS) is 10.9. The van der Waals surface area contributed by atoms with Crippen LogP contribution in [0.5, 0.6) is 0 Å². The number of nitrogens with zero attached hydrogens (tertiary/aromatic N) is 1. The number of H-pyrrole nitrogens is 1. The maximum atomic E-state index is 11.6. The van der Waals surface area contributed by atoms with Crippen molar-refractivity contribution in [3.8, 4) is 0 Å². The molecule has 0 amide bonds. The average Bonchev–Trinajstić information content (AvgIpc) is 2.34. The highest BCUT2D eigenvalue weighted by molar-refractivity contribution is 5.60. The summed E-state index contributed by atoms with van der Waals surface area (Å²) in [5.74, 6) is 0.728. The molecule has 0 radical (unpaired) electrons. The molecule has 1 aromatic heterocycles. The number of aromatic nitrogens is 2. The van der Waals surface area contributed by atoms with Crippen LogP contribution in [-0.2, 0) is 11.8 Å². The van der Waals surface area contributed by atoms with Gasteiger partial charge < -0.3 is 15.8 Å². The molecular weight excluding hydrogens is 248 g/mol. The van der Waals surface area contributed by atoms with Gasteiger partial charge in [-0.15, -0.1) is 0 Å². The quantitative estimate of drug-likeness (QED) is 0.611. The van der Waals surface area contributed by atoms with Crippen LogP contribution in [0.1, 0.15) is 20.3 Å². The van der Waals surface area contributed by atoms with E-state index in [1.54, 1.807) is 0 Å². The summed E-state index contributed by atoms with van der Waals surface area (Å²) in [7, 11) is 1.50. The second kappa shape index (κ2) is 6.98. The number of anilines is 2. The predicted molar refractivity (Wildman–Crippen MR) is 75.5 cm³/mol. The number of aromatic amines is 1. The maximum absolute atomic E-state index is 11.6. The van der Waals surface area contributed by atoms with E-state index in [0.717, 1.165) is 6.42 Å². The van der Waals surface area contributed by atoms with Gasteiger partial charge in [0.15, 0.2) is 0 Å². The maximum Gasteiger partial charge on any atom is 0.329 e. The lowest BCUT2D eigenvalue weighted by Gasteiger charge is -2.11. The molecule has 0 aliphatic rings. The van der Waals surface area contributed by atoms with E-state index in [1.807, 2.05) is 0 Å². The summed E-state index contributed by atoms with van der Waals surface area (Å²) in [4.78, 5) is 25.0. The van der Waals surface area contributed by atoms with Gasteiger partial charge in [-0.3, -0.25) is 14.3 Å². The van der Waals surface area contributed by atoms with Crippen molar-refractivity contribution in [3.05, 3.63) is 20.8 Å². The average molecular weight is 270 g/mol. The fraction of sp³-hybridized carbons (Fsp3) is 0.667. The SMILES string of the molecule is CC(C)CCOCCNc1c(N)n(C)c(=O)[nH]c1=O. The first-order valence-corrected chi connectivity index (χ1v) is 6.34. The molecule has 7 nitrogen and oxygen atoms in total. The summed E-state index contributed by atoms with van der Waals surface area (Å²) in [5.41, 5.74) is 4.87. The molecule has 0 atom stereocenters. The van der Waals surface area contributed by atoms with Gasteiger partial charge in [-0.1, -0.05) is 13.8 Å². The Kier molecular flexibility index (Phi) is 5.62. The first kappa shape index (κ1) is 15.3. The molecule has 0 saturated heterocycles. The van der Waals surface area contributed by atoms with Gasteiger partial charge in [0.1, 0.15) is 11.5 Å². The zero-order chi connectivity index (χ0) is 14.4. The fourth-order valence-corrected chi connectivity index (χ4v) is 1.48. The minimum absolute atomic E-state index is 0.121. The van der Waals surface area contributed by atoms with Crippen LogP contribution >= 0.6 is 0 Å². The molecule has 0 aromatic carbocycles. The van der Waals surface area contributed by atoms with Crippen molar-refractivity contribution in [2.75, 3.05) is 30.8 Å². The second-order valence-corrected chi connectivity index (χ2v) is 4.80. The van der Waals surface area contributed by atoms with Crippen LogP contribution < -0.4 is 22.3 Å². The first-order chi connectivity index (χ1) is 8.93. The Bertz CT molecular complexity index is 519. The Morgan fingerprint density at radius 2 is 2.05 bits per heavy atom. The number of nitrogens with one attached hydrogen (secondary N) is 2. The Morgan fingerprint density at radius 3 is 2.68 bits per heavy atom. The minimum atomic E-state index is -0.527. The van der Waals surface area contributed by atoms with Crippen molar-refractivity contribution in [2.45, 2.75) is 20.3 Å². The molecule has 0 aliphatic carbocycles. The van der Waals surface area contributed by atoms with Gasteiger partial charge in [0.25, 0.3) is 5.56 Å². The van der Waals surface area contributed by atoms with Gasteiger partial charge >= 0.3 is 5.69 Å². The molecule has 0 fully saturated rings. The van der Waals surface area contributed by atoms with E-state index in [1.165, 1.54) is 11.6 Å². The lowest BCUT2D eigenvalue weighted by molar-refractivity contribution is 0.132. The molecule has 0 bridgehead atoms. The highest BCUT2D eigenvalue weighted by Gasteiger charge is 2.08. The van der Waals surface area contributed by atoms with Crippen LogP contribution in [0, 0.1) is 5.92 Å². The van der Waals surface area contributed by atoms with E-state index in [4.69, 9.17) is 10.5 Å². The van der Waals surface area contributed by atoms with Crippen LogP contribution in [-0.4, -0.2) is 29.3 Å². The van der Waals surface area contributed by atoms with Crippen LogP contribution in [0.15, 0.2) is 9.59 Å². The van der Waals surface area contributed by atoms with Gasteiger partial charge in [0, 0.05) is 20.2 Å². The highest BCUT2D eigenvalue weighted by Crippen LogP contribution is 2.07. The van der Waals surface area contributed by atoms with Gasteiger partial charge in [0.2, 0.25) is 0 Å². The third-order valence-corrected chi connectivity index (χ3v) is 2.76. The van der Waals surface area contributed by atoms with Crippen molar-refractivity contribution in [1.82, 2.24) is 9.55 Å². The van der Waals surface area contributed by atoms with Crippen molar-refractivity contribution < 1.29 is 4.74 Å². The van der Waals surface area contributed by atoms with Crippen molar-refractivity contribution in [3.63, 3.8) is 0 Å². The summed E-state index contributed by atoms with van der Waals surface area (Å²) >= 11 is 0. The molecular formula is C12H22N4O3. The largest absolute Gasteiger partial charge is 0.383 e. The number of rotatable bonds is 7. The standard InChI is InChI=1S/C12H22N4O3/c1-8(2)4-6-19-7-5-14-9-10(13)16(3)12(18)15-11(9)17/h8,14H,4-7,13H2,1-3H3,(H,15,17,18). The van der Waals surface area contributed by atoms with Gasteiger partial charge in [-0.25, -0.2) is 4.79 Å². The molecule has 0 spiro atoms. The topological polar surface area (TPSA) is 102 Å². The Morgan fingerprint density at radius 1 is 1.37 bits per heavy atom. The number of hydrogen-bond donors (Lipinski definition) is 3. The van der Waals surface area contributed by atoms with Crippen molar-refractivity contribution in [2.24, 2.45) is 13.0 Å². The number of hydrogen-bond acceptors (Lipinski definition) is 5. The molecule has 4 N–H and O–H groups in total. The summed E-state index contributed by atoms with van der Waals surface area (Å²) < 4.78 is 6.60. The van der Waals surface area contributed by atoms with Gasteiger partial charge in [0.05, 0.1) is 6.61 Å². The third kappa shape index (κ3) is 4.44. The molecule has 0 saturated carbocycles. The predicted octanol–water partition coefficient (Wildman–Crippen LogP) is 0.130. The van der Waals surface area contributed by atoms with Crippen LogP contribution in [0.4, 0.5) is 11.5 Å². The summed E-state index contributed by atoms with van der Waals surface area (Å²) in [6, 6.07) is 0. The zero-order valence-electron chi connectivity index (χ0n) is 11.7. The van der Waals surface area contributed by atoms with E-state index in [0.29, 0.717) is 25.7 Å². The molecule has 7 heteroatoms. The summed E-state index contributed by atoms with van der Waals surface area (Å²) in [6.45, 7) is 5.90. The molecule has 1 heterocycles. The second-order valence-electron chi connectivity index (χ2n) is 4.80. The minimum Gasteiger partial charge on any atom is -0.383 e. The molecule has 108 valence electrons. The third-order valence-electron chi connectivity index (χ3n) is 2.76. The van der Waals surface area contributed by atoms with E-state index in [-0.39, 0.29) is 11.5 Å². The van der Waals surface area contributed by atoms with Gasteiger partial charge in [-0.05, 0) is 12.3 Å². The number of ether oxygens (including phenoxy) is 1. The molecule has 0 aliphatic heterocycles. The van der Waals surface area contributed by atoms with Crippen molar-refractivity contribution in [1.29, 1.82) is 0 Å². The molecule has 1 rings (SSSR count). The summed E-state index contributed by atoms with van der Waals surface area (Å²) in [5, 5.41) is 2.88. The van der Waals surface area contributed by atoms with Crippen LogP contribution in [0.2, 0.25) is 0 Å². The van der Waals surface area contributed by atoms with E-state index < -0.39 is 11.2 Å². The van der Waals surface area contributed by atoms with E-state index in [9.17, 15) is 9.59 Å².